The fourth-order valence-corrected chi connectivity index (χ4v) is 1.04. The Morgan fingerprint density at radius 2 is 2.06 bits per heavy atom. The van der Waals surface area contributed by atoms with Gasteiger partial charge in [0.1, 0.15) is 0 Å². The molecule has 0 heterocycles. The number of amides is 1. The van der Waals surface area contributed by atoms with Gasteiger partial charge < -0.3 is 25.2 Å². The van der Waals surface area contributed by atoms with Gasteiger partial charge in [-0.3, -0.25) is 4.79 Å². The summed E-state index contributed by atoms with van der Waals surface area (Å²) in [4.78, 5) is 11.4. The van der Waals surface area contributed by atoms with Crippen LogP contribution >= 0.6 is 0 Å². The molecule has 3 N–H and O–H groups in total. The first kappa shape index (κ1) is 15.3. The van der Waals surface area contributed by atoms with E-state index in [2.05, 4.69) is 10.6 Å². The smallest absolute Gasteiger partial charge is 0.236 e. The summed E-state index contributed by atoms with van der Waals surface area (Å²) in [6.07, 6.45) is 0. The number of ether oxygens (including phenoxy) is 2. The lowest BCUT2D eigenvalue weighted by molar-refractivity contribution is -0.123. The minimum absolute atomic E-state index is 0.0209. The van der Waals surface area contributed by atoms with E-state index >= 15 is 0 Å². The molecule has 6 heteroatoms. The molecule has 1 amide bonds. The Bertz CT molecular complexity index is 178. The molecule has 0 aliphatic rings. The van der Waals surface area contributed by atoms with Gasteiger partial charge in [-0.05, 0) is 6.92 Å². The summed E-state index contributed by atoms with van der Waals surface area (Å²) in [6, 6.07) is -0.255. The first-order valence-electron chi connectivity index (χ1n) is 5.41. The van der Waals surface area contributed by atoms with Crippen LogP contribution in [0.25, 0.3) is 0 Å². The van der Waals surface area contributed by atoms with E-state index in [0.29, 0.717) is 32.9 Å². The average molecular weight is 234 g/mol. The third-order valence-corrected chi connectivity index (χ3v) is 1.93. The number of carbonyl (C=O) groups is 1. The van der Waals surface area contributed by atoms with Crippen molar-refractivity contribution in [3.63, 3.8) is 0 Å². The summed E-state index contributed by atoms with van der Waals surface area (Å²) >= 11 is 0. The van der Waals surface area contributed by atoms with E-state index in [0.717, 1.165) is 0 Å². The number of aliphatic hydroxyl groups is 1. The fourth-order valence-electron chi connectivity index (χ4n) is 1.04. The zero-order valence-corrected chi connectivity index (χ0v) is 9.99. The summed E-state index contributed by atoms with van der Waals surface area (Å²) in [6.45, 7) is 4.23. The van der Waals surface area contributed by atoms with E-state index in [4.69, 9.17) is 14.6 Å². The number of hydrogen-bond donors (Lipinski definition) is 3. The number of nitrogens with one attached hydrogen (secondary N) is 2. The third kappa shape index (κ3) is 8.60. The van der Waals surface area contributed by atoms with Crippen LogP contribution in [0.5, 0.6) is 0 Å². The second-order valence-corrected chi connectivity index (χ2v) is 3.30. The molecular formula is C10H22N2O4. The van der Waals surface area contributed by atoms with E-state index in [1.54, 1.807) is 14.0 Å². The minimum Gasteiger partial charge on any atom is -0.394 e. The second kappa shape index (κ2) is 10.8. The number of hydrogen-bond acceptors (Lipinski definition) is 5. The van der Waals surface area contributed by atoms with Crippen LogP contribution in [0.15, 0.2) is 0 Å². The molecule has 0 radical (unpaired) electrons. The van der Waals surface area contributed by atoms with Crippen LogP contribution in [0.2, 0.25) is 0 Å². The highest BCUT2D eigenvalue weighted by molar-refractivity contribution is 5.81. The van der Waals surface area contributed by atoms with Gasteiger partial charge in [-0.1, -0.05) is 0 Å². The van der Waals surface area contributed by atoms with Crippen LogP contribution < -0.4 is 10.6 Å². The predicted molar refractivity (Wildman–Crippen MR) is 60.3 cm³/mol. The zero-order valence-electron chi connectivity index (χ0n) is 9.99. The third-order valence-electron chi connectivity index (χ3n) is 1.93. The van der Waals surface area contributed by atoms with Gasteiger partial charge in [0.15, 0.2) is 0 Å². The highest BCUT2D eigenvalue weighted by Gasteiger charge is 2.10. The van der Waals surface area contributed by atoms with Crippen LogP contribution in [0.3, 0.4) is 0 Å². The first-order chi connectivity index (χ1) is 7.72. The van der Waals surface area contributed by atoms with Crippen molar-refractivity contribution in [2.75, 3.05) is 46.6 Å². The van der Waals surface area contributed by atoms with Crippen molar-refractivity contribution >= 4 is 5.91 Å². The van der Waals surface area contributed by atoms with Gasteiger partial charge in [0.25, 0.3) is 0 Å². The highest BCUT2D eigenvalue weighted by Crippen LogP contribution is 1.82. The van der Waals surface area contributed by atoms with Gasteiger partial charge >= 0.3 is 0 Å². The quantitative estimate of drug-likeness (QED) is 0.411. The summed E-state index contributed by atoms with van der Waals surface area (Å²) in [5, 5.41) is 14.2. The van der Waals surface area contributed by atoms with E-state index < -0.39 is 0 Å². The van der Waals surface area contributed by atoms with Crippen LogP contribution in [0.1, 0.15) is 6.92 Å². The van der Waals surface area contributed by atoms with Crippen molar-refractivity contribution in [2.24, 2.45) is 0 Å². The summed E-state index contributed by atoms with van der Waals surface area (Å²) in [5.74, 6) is -0.0563. The van der Waals surface area contributed by atoms with Crippen molar-refractivity contribution in [1.29, 1.82) is 0 Å². The molecule has 96 valence electrons. The molecule has 0 fully saturated rings. The molecule has 0 aliphatic carbocycles. The lowest BCUT2D eigenvalue weighted by atomic mass is 10.3. The fraction of sp³-hybridized carbons (Fsp3) is 0.900. The Hall–Kier alpha value is -0.690. The van der Waals surface area contributed by atoms with Gasteiger partial charge in [-0.15, -0.1) is 0 Å². The van der Waals surface area contributed by atoms with Crippen molar-refractivity contribution in [3.05, 3.63) is 0 Å². The molecule has 0 aromatic carbocycles. The summed E-state index contributed by atoms with van der Waals surface area (Å²) in [5.41, 5.74) is 0. The molecule has 1 unspecified atom stereocenters. The van der Waals surface area contributed by atoms with Crippen LogP contribution in [0, 0.1) is 0 Å². The van der Waals surface area contributed by atoms with Gasteiger partial charge in [0.2, 0.25) is 5.91 Å². The monoisotopic (exact) mass is 234 g/mol. The number of aliphatic hydroxyl groups excluding tert-OH is 1. The Balaban J connectivity index is 3.40. The molecule has 16 heavy (non-hydrogen) atoms. The lowest BCUT2D eigenvalue weighted by Gasteiger charge is -2.13. The predicted octanol–water partition coefficient (Wildman–Crippen LogP) is -1.26. The van der Waals surface area contributed by atoms with Gasteiger partial charge in [-0.2, -0.15) is 0 Å². The van der Waals surface area contributed by atoms with Crippen LogP contribution in [-0.2, 0) is 14.3 Å². The molecule has 0 saturated carbocycles. The summed E-state index contributed by atoms with van der Waals surface area (Å²) < 4.78 is 9.87. The van der Waals surface area contributed by atoms with E-state index in [9.17, 15) is 4.79 Å². The van der Waals surface area contributed by atoms with Crippen molar-refractivity contribution in [2.45, 2.75) is 13.0 Å². The van der Waals surface area contributed by atoms with E-state index in [-0.39, 0.29) is 18.6 Å². The van der Waals surface area contributed by atoms with Crippen molar-refractivity contribution < 1.29 is 19.4 Å². The largest absolute Gasteiger partial charge is 0.394 e. The normalized spacial score (nSPS) is 12.4. The Morgan fingerprint density at radius 3 is 2.69 bits per heavy atom. The molecule has 0 aromatic heterocycles. The van der Waals surface area contributed by atoms with Crippen molar-refractivity contribution in [1.82, 2.24) is 10.6 Å². The molecular weight excluding hydrogens is 212 g/mol. The molecule has 1 atom stereocenters. The zero-order chi connectivity index (χ0) is 12.2. The first-order valence-corrected chi connectivity index (χ1v) is 5.41. The molecule has 0 rings (SSSR count). The average Bonchev–Trinajstić information content (AvgIpc) is 2.28. The van der Waals surface area contributed by atoms with E-state index in [1.165, 1.54) is 0 Å². The van der Waals surface area contributed by atoms with E-state index in [1.807, 2.05) is 0 Å². The Morgan fingerprint density at radius 1 is 1.31 bits per heavy atom. The van der Waals surface area contributed by atoms with Crippen LogP contribution in [0.4, 0.5) is 0 Å². The minimum atomic E-state index is -0.255. The highest BCUT2D eigenvalue weighted by atomic mass is 16.5. The Labute approximate surface area is 96.3 Å². The van der Waals surface area contributed by atoms with Gasteiger partial charge in [-0.25, -0.2) is 0 Å². The summed E-state index contributed by atoms with van der Waals surface area (Å²) in [7, 11) is 1.59. The number of rotatable bonds is 10. The van der Waals surface area contributed by atoms with Crippen molar-refractivity contribution in [3.8, 4) is 0 Å². The topological polar surface area (TPSA) is 79.8 Å². The van der Waals surface area contributed by atoms with Gasteiger partial charge in [0, 0.05) is 20.2 Å². The lowest BCUT2D eigenvalue weighted by Crippen LogP contribution is -2.44. The second-order valence-electron chi connectivity index (χ2n) is 3.30. The molecule has 0 bridgehead atoms. The Kier molecular flexibility index (Phi) is 10.3. The molecule has 6 nitrogen and oxygen atoms in total. The molecule has 0 saturated heterocycles. The number of methoxy groups -OCH3 is 1. The number of carbonyl (C=O) groups excluding carboxylic acids is 1. The maximum absolute atomic E-state index is 11.4. The standard InChI is InChI=1S/C10H22N2O4/c1-9(10(14)12-3-6-15-2)11-4-7-16-8-5-13/h9,11,13H,3-8H2,1-2H3,(H,12,14). The SMILES string of the molecule is COCCNC(=O)C(C)NCCOCCO. The maximum atomic E-state index is 11.4. The maximum Gasteiger partial charge on any atom is 0.236 e. The van der Waals surface area contributed by atoms with Crippen LogP contribution in [-0.4, -0.2) is 63.7 Å². The molecule has 0 aliphatic heterocycles. The molecule has 0 spiro atoms. The van der Waals surface area contributed by atoms with Gasteiger partial charge in [0.05, 0.1) is 32.5 Å². The molecule has 0 aromatic rings.